The number of carbonyl (C=O) groups is 2. The lowest BCUT2D eigenvalue weighted by Crippen LogP contribution is -2.47. The van der Waals surface area contributed by atoms with Crippen molar-refractivity contribution in [2.45, 2.75) is 26.3 Å². The third-order valence-corrected chi connectivity index (χ3v) is 2.27. The molecule has 5 nitrogen and oxygen atoms in total. The number of nitrogens with one attached hydrogen (secondary N) is 1. The zero-order valence-electron chi connectivity index (χ0n) is 10.5. The van der Waals surface area contributed by atoms with Gasteiger partial charge in [0.1, 0.15) is 12.3 Å². The van der Waals surface area contributed by atoms with Crippen LogP contribution >= 0.6 is 11.6 Å². The summed E-state index contributed by atoms with van der Waals surface area (Å²) in [7, 11) is 0. The second-order valence-corrected chi connectivity index (χ2v) is 4.92. The quantitative estimate of drug-likeness (QED) is 0.847. The van der Waals surface area contributed by atoms with Crippen molar-refractivity contribution >= 4 is 23.5 Å². The van der Waals surface area contributed by atoms with Crippen LogP contribution in [0, 0.1) is 0 Å². The summed E-state index contributed by atoms with van der Waals surface area (Å²) in [6.07, 6.45) is 1.40. The first kappa shape index (κ1) is 14.4. The van der Waals surface area contributed by atoms with E-state index in [1.54, 1.807) is 19.9 Å². The number of rotatable bonds is 4. The van der Waals surface area contributed by atoms with Crippen molar-refractivity contribution in [3.8, 4) is 0 Å². The van der Waals surface area contributed by atoms with Gasteiger partial charge < -0.3 is 10.1 Å². The van der Waals surface area contributed by atoms with Gasteiger partial charge in [0.25, 0.3) is 5.91 Å². The molecule has 0 atom stereocenters. The first-order valence-corrected chi connectivity index (χ1v) is 5.75. The molecule has 98 valence electrons. The number of hydrogen-bond donors (Lipinski definition) is 1. The van der Waals surface area contributed by atoms with Crippen LogP contribution < -0.4 is 5.32 Å². The number of amides is 1. The standard InChI is InChI=1S/C12H15ClN2O3/c1-8(16)18-7-12(2,3)15-11(17)10-5-4-9(13)6-14-10/h4-6H,7H2,1-3H3,(H,15,17). The highest BCUT2D eigenvalue weighted by Gasteiger charge is 2.23. The fourth-order valence-electron chi connectivity index (χ4n) is 1.20. The van der Waals surface area contributed by atoms with E-state index in [1.807, 2.05) is 0 Å². The summed E-state index contributed by atoms with van der Waals surface area (Å²) in [5.74, 6) is -0.731. The first-order valence-electron chi connectivity index (χ1n) is 5.37. The molecule has 0 fully saturated rings. The molecule has 1 aromatic heterocycles. The third-order valence-electron chi connectivity index (χ3n) is 2.05. The zero-order valence-corrected chi connectivity index (χ0v) is 11.2. The highest BCUT2D eigenvalue weighted by atomic mass is 35.5. The molecule has 0 bridgehead atoms. The Balaban J connectivity index is 2.63. The Bertz CT molecular complexity index is 443. The van der Waals surface area contributed by atoms with Gasteiger partial charge in [0, 0.05) is 13.1 Å². The minimum absolute atomic E-state index is 0.0989. The van der Waals surface area contributed by atoms with Gasteiger partial charge in [-0.3, -0.25) is 9.59 Å². The maximum Gasteiger partial charge on any atom is 0.302 e. The highest BCUT2D eigenvalue weighted by Crippen LogP contribution is 2.08. The van der Waals surface area contributed by atoms with Crippen LogP contribution in [0.2, 0.25) is 5.02 Å². The smallest absolute Gasteiger partial charge is 0.302 e. The van der Waals surface area contributed by atoms with E-state index in [0.29, 0.717) is 5.02 Å². The lowest BCUT2D eigenvalue weighted by atomic mass is 10.1. The molecule has 0 unspecified atom stereocenters. The van der Waals surface area contributed by atoms with Crippen LogP contribution in [0.1, 0.15) is 31.3 Å². The van der Waals surface area contributed by atoms with Gasteiger partial charge in [0.05, 0.1) is 10.6 Å². The van der Waals surface area contributed by atoms with E-state index in [2.05, 4.69) is 10.3 Å². The molecule has 0 saturated carbocycles. The van der Waals surface area contributed by atoms with Crippen molar-refractivity contribution in [3.05, 3.63) is 29.0 Å². The topological polar surface area (TPSA) is 68.3 Å². The van der Waals surface area contributed by atoms with E-state index in [0.717, 1.165) is 0 Å². The molecule has 0 aliphatic rings. The number of halogens is 1. The average Bonchev–Trinajstić information content (AvgIpc) is 2.27. The number of pyridine rings is 1. The summed E-state index contributed by atoms with van der Waals surface area (Å²) in [5, 5.41) is 3.19. The van der Waals surface area contributed by atoms with Crippen molar-refractivity contribution < 1.29 is 14.3 Å². The molecule has 1 heterocycles. The second-order valence-electron chi connectivity index (χ2n) is 4.48. The van der Waals surface area contributed by atoms with Crippen molar-refractivity contribution in [2.24, 2.45) is 0 Å². The van der Waals surface area contributed by atoms with Gasteiger partial charge in [0.15, 0.2) is 0 Å². The predicted octanol–water partition coefficient (Wildman–Crippen LogP) is 1.81. The average molecular weight is 271 g/mol. The molecule has 0 spiro atoms. The van der Waals surface area contributed by atoms with Gasteiger partial charge in [-0.1, -0.05) is 11.6 Å². The van der Waals surface area contributed by atoms with Gasteiger partial charge in [-0.25, -0.2) is 4.98 Å². The van der Waals surface area contributed by atoms with Crippen LogP contribution in [0.15, 0.2) is 18.3 Å². The summed E-state index contributed by atoms with van der Waals surface area (Å²) in [4.78, 5) is 26.5. The monoisotopic (exact) mass is 270 g/mol. The van der Waals surface area contributed by atoms with Crippen molar-refractivity contribution in [1.82, 2.24) is 10.3 Å². The maximum absolute atomic E-state index is 11.9. The van der Waals surface area contributed by atoms with E-state index in [4.69, 9.17) is 16.3 Å². The number of ether oxygens (including phenoxy) is 1. The molecule has 0 radical (unpaired) electrons. The first-order chi connectivity index (χ1) is 8.30. The number of hydrogen-bond acceptors (Lipinski definition) is 4. The molecule has 1 amide bonds. The number of carbonyl (C=O) groups excluding carboxylic acids is 2. The molecule has 1 N–H and O–H groups in total. The van der Waals surface area contributed by atoms with Crippen molar-refractivity contribution in [3.63, 3.8) is 0 Å². The van der Waals surface area contributed by atoms with Crippen LogP contribution in [0.4, 0.5) is 0 Å². The van der Waals surface area contributed by atoms with Gasteiger partial charge in [0.2, 0.25) is 0 Å². The SMILES string of the molecule is CC(=O)OCC(C)(C)NC(=O)c1ccc(Cl)cn1. The minimum Gasteiger partial charge on any atom is -0.463 e. The Hall–Kier alpha value is -1.62. The molecule has 0 aliphatic carbocycles. The van der Waals surface area contributed by atoms with Crippen molar-refractivity contribution in [2.75, 3.05) is 6.61 Å². The van der Waals surface area contributed by atoms with E-state index >= 15 is 0 Å². The van der Waals surface area contributed by atoms with Crippen molar-refractivity contribution in [1.29, 1.82) is 0 Å². The van der Waals surface area contributed by atoms with E-state index in [1.165, 1.54) is 19.2 Å². The van der Waals surface area contributed by atoms with Crippen LogP contribution in [0.25, 0.3) is 0 Å². The Morgan fingerprint density at radius 1 is 1.44 bits per heavy atom. The summed E-state index contributed by atoms with van der Waals surface area (Å²) >= 11 is 5.68. The second kappa shape index (κ2) is 5.82. The highest BCUT2D eigenvalue weighted by molar-refractivity contribution is 6.30. The molecule has 1 rings (SSSR count). The van der Waals surface area contributed by atoms with Crippen LogP contribution in [-0.2, 0) is 9.53 Å². The van der Waals surface area contributed by atoms with Crippen LogP contribution in [-0.4, -0.2) is 29.0 Å². The number of nitrogens with zero attached hydrogens (tertiary/aromatic N) is 1. The van der Waals surface area contributed by atoms with Crippen LogP contribution in [0.5, 0.6) is 0 Å². The lowest BCUT2D eigenvalue weighted by molar-refractivity contribution is -0.142. The van der Waals surface area contributed by atoms with Gasteiger partial charge >= 0.3 is 5.97 Å². The summed E-state index contributed by atoms with van der Waals surface area (Å²) in [5.41, 5.74) is -0.403. The normalized spacial score (nSPS) is 10.9. The summed E-state index contributed by atoms with van der Waals surface area (Å²) in [6, 6.07) is 3.11. The molecular weight excluding hydrogens is 256 g/mol. The molecule has 0 aliphatic heterocycles. The Morgan fingerprint density at radius 2 is 2.11 bits per heavy atom. The predicted molar refractivity (Wildman–Crippen MR) is 67.4 cm³/mol. The van der Waals surface area contributed by atoms with Gasteiger partial charge in [-0.05, 0) is 26.0 Å². The molecule has 1 aromatic rings. The lowest BCUT2D eigenvalue weighted by Gasteiger charge is -2.25. The molecule has 18 heavy (non-hydrogen) atoms. The fourth-order valence-corrected chi connectivity index (χ4v) is 1.31. The summed E-state index contributed by atoms with van der Waals surface area (Å²) < 4.78 is 4.87. The van der Waals surface area contributed by atoms with Crippen LogP contribution in [0.3, 0.4) is 0 Å². The van der Waals surface area contributed by atoms with E-state index in [-0.39, 0.29) is 24.2 Å². The Labute approximate surface area is 110 Å². The van der Waals surface area contributed by atoms with E-state index in [9.17, 15) is 9.59 Å². The number of aromatic nitrogens is 1. The third kappa shape index (κ3) is 4.71. The van der Waals surface area contributed by atoms with Gasteiger partial charge in [-0.15, -0.1) is 0 Å². The minimum atomic E-state index is -0.663. The largest absolute Gasteiger partial charge is 0.463 e. The molecular formula is C12H15ClN2O3. The maximum atomic E-state index is 11.9. The Kier molecular flexibility index (Phi) is 4.67. The Morgan fingerprint density at radius 3 is 2.61 bits per heavy atom. The fraction of sp³-hybridized carbons (Fsp3) is 0.417. The van der Waals surface area contributed by atoms with Gasteiger partial charge in [-0.2, -0.15) is 0 Å². The molecule has 0 saturated heterocycles. The number of esters is 1. The molecule has 0 aromatic carbocycles. The summed E-state index contributed by atoms with van der Waals surface area (Å²) in [6.45, 7) is 4.92. The zero-order chi connectivity index (χ0) is 13.8. The molecule has 6 heteroatoms. The van der Waals surface area contributed by atoms with E-state index < -0.39 is 5.54 Å².